The number of amides is 2. The molecule has 4 saturated carbocycles. The monoisotopic (exact) mass is 509 g/mol. The lowest BCUT2D eigenvalue weighted by Crippen LogP contribution is -2.47. The third kappa shape index (κ3) is 7.67. The molecule has 2 N–H and O–H groups in total. The van der Waals surface area contributed by atoms with Crippen molar-refractivity contribution in [1.29, 1.82) is 0 Å². The topological polar surface area (TPSA) is 95.6 Å². The van der Waals surface area contributed by atoms with E-state index in [1.165, 1.54) is 19.3 Å². The van der Waals surface area contributed by atoms with Crippen LogP contribution in [0.3, 0.4) is 0 Å². The van der Waals surface area contributed by atoms with Crippen molar-refractivity contribution in [3.8, 4) is 0 Å². The molecule has 0 atom stereocenters. The first-order valence-electron chi connectivity index (χ1n) is 14.5. The van der Waals surface area contributed by atoms with Crippen LogP contribution < -0.4 is 10.0 Å². The Balaban J connectivity index is 1.16. The Morgan fingerprint density at radius 3 is 2.03 bits per heavy atom. The molecule has 0 heterocycles. The van der Waals surface area contributed by atoms with Gasteiger partial charge >= 0.3 is 0 Å². The summed E-state index contributed by atoms with van der Waals surface area (Å²) < 4.78 is 27.7. The van der Waals surface area contributed by atoms with Crippen LogP contribution in [-0.2, 0) is 19.6 Å². The molecule has 0 bridgehead atoms. The van der Waals surface area contributed by atoms with E-state index in [0.717, 1.165) is 77.2 Å². The lowest BCUT2D eigenvalue weighted by atomic mass is 9.83. The van der Waals surface area contributed by atoms with Crippen LogP contribution in [0.25, 0.3) is 0 Å². The Hall–Kier alpha value is -1.15. The van der Waals surface area contributed by atoms with Gasteiger partial charge in [0.2, 0.25) is 21.8 Å². The highest BCUT2D eigenvalue weighted by Gasteiger charge is 2.36. The Morgan fingerprint density at radius 1 is 0.800 bits per heavy atom. The summed E-state index contributed by atoms with van der Waals surface area (Å²) in [5, 5.41) is 2.93. The molecule has 0 aromatic rings. The molecule has 8 heteroatoms. The minimum absolute atomic E-state index is 0.0944. The van der Waals surface area contributed by atoms with Gasteiger partial charge in [-0.3, -0.25) is 9.59 Å². The zero-order valence-electron chi connectivity index (χ0n) is 21.7. The number of nitrogens with one attached hydrogen (secondary N) is 2. The summed E-state index contributed by atoms with van der Waals surface area (Å²) in [5.74, 6) is 0.833. The smallest absolute Gasteiger partial charge is 0.225 e. The minimum atomic E-state index is -3.21. The van der Waals surface area contributed by atoms with E-state index in [4.69, 9.17) is 0 Å². The molecule has 0 aromatic carbocycles. The summed E-state index contributed by atoms with van der Waals surface area (Å²) >= 11 is 0. The van der Waals surface area contributed by atoms with Gasteiger partial charge in [-0.25, -0.2) is 13.1 Å². The molecule has 200 valence electrons. The zero-order valence-corrected chi connectivity index (χ0v) is 22.5. The molecule has 0 radical (unpaired) electrons. The number of nitrogens with zero attached hydrogens (tertiary/aromatic N) is 1. The van der Waals surface area contributed by atoms with Gasteiger partial charge in [0.05, 0.1) is 5.25 Å². The summed E-state index contributed by atoms with van der Waals surface area (Å²) in [6.07, 6.45) is 15.9. The molecule has 0 unspecified atom stereocenters. The van der Waals surface area contributed by atoms with Gasteiger partial charge in [0.25, 0.3) is 0 Å². The second-order valence-electron chi connectivity index (χ2n) is 11.7. The predicted octanol–water partition coefficient (Wildman–Crippen LogP) is 4.26. The van der Waals surface area contributed by atoms with E-state index in [0.29, 0.717) is 31.2 Å². The van der Waals surface area contributed by atoms with Crippen molar-refractivity contribution >= 4 is 21.8 Å². The van der Waals surface area contributed by atoms with Gasteiger partial charge in [0.1, 0.15) is 0 Å². The Labute approximate surface area is 212 Å². The molecule has 7 nitrogen and oxygen atoms in total. The Bertz CT molecular complexity index is 806. The number of hydrogen-bond donors (Lipinski definition) is 2. The molecule has 0 saturated heterocycles. The van der Waals surface area contributed by atoms with Crippen LogP contribution in [0, 0.1) is 11.8 Å². The second-order valence-corrected chi connectivity index (χ2v) is 13.7. The Morgan fingerprint density at radius 2 is 1.43 bits per heavy atom. The average Bonchev–Trinajstić information content (AvgIpc) is 3.67. The van der Waals surface area contributed by atoms with Crippen LogP contribution >= 0.6 is 0 Å². The van der Waals surface area contributed by atoms with Crippen LogP contribution in [0.2, 0.25) is 0 Å². The quantitative estimate of drug-likeness (QED) is 0.460. The van der Waals surface area contributed by atoms with Crippen LogP contribution in [0.4, 0.5) is 0 Å². The van der Waals surface area contributed by atoms with Crippen molar-refractivity contribution in [2.24, 2.45) is 11.8 Å². The first-order chi connectivity index (χ1) is 16.9. The van der Waals surface area contributed by atoms with Gasteiger partial charge in [-0.1, -0.05) is 26.2 Å². The Kier molecular flexibility index (Phi) is 9.53. The highest BCUT2D eigenvalue weighted by Crippen LogP contribution is 2.33. The summed E-state index contributed by atoms with van der Waals surface area (Å²) in [4.78, 5) is 28.2. The van der Waals surface area contributed by atoms with Gasteiger partial charge in [-0.15, -0.1) is 0 Å². The SMILES string of the molecule is CCCN(C(=O)C1CCC(NC(=O)CC2CCC(S(=O)(=O)NC3CC3)CC2)CC1)C1CCCCC1. The van der Waals surface area contributed by atoms with Crippen LogP contribution in [-0.4, -0.2) is 55.1 Å². The summed E-state index contributed by atoms with van der Waals surface area (Å²) in [5.41, 5.74) is 0. The summed E-state index contributed by atoms with van der Waals surface area (Å²) in [7, 11) is -3.21. The van der Waals surface area contributed by atoms with Crippen LogP contribution in [0.1, 0.15) is 116 Å². The minimum Gasteiger partial charge on any atom is -0.353 e. The predicted molar refractivity (Wildman–Crippen MR) is 138 cm³/mol. The molecule has 4 fully saturated rings. The highest BCUT2D eigenvalue weighted by molar-refractivity contribution is 7.90. The fraction of sp³-hybridized carbons (Fsp3) is 0.926. The standard InChI is InChI=1S/C27H47N3O4S/c1-2-18-30(24-6-4-3-5-7-24)27(32)21-10-12-22(13-11-21)28-26(31)19-20-8-16-25(17-9-20)35(33,34)29-23-14-15-23/h20-25,29H,2-19H2,1H3,(H,28,31). The largest absolute Gasteiger partial charge is 0.353 e. The molecule has 2 amide bonds. The van der Waals surface area contributed by atoms with E-state index in [1.54, 1.807) is 0 Å². The lowest BCUT2D eigenvalue weighted by Gasteiger charge is -2.38. The van der Waals surface area contributed by atoms with Crippen molar-refractivity contribution in [2.45, 2.75) is 139 Å². The van der Waals surface area contributed by atoms with Gasteiger partial charge in [0, 0.05) is 37.0 Å². The van der Waals surface area contributed by atoms with E-state index in [1.807, 2.05) is 0 Å². The number of carbonyl (C=O) groups excluding carboxylic acids is 2. The van der Waals surface area contributed by atoms with Crippen molar-refractivity contribution in [3.05, 3.63) is 0 Å². The summed E-state index contributed by atoms with van der Waals surface area (Å²) in [6, 6.07) is 0.763. The fourth-order valence-corrected chi connectivity index (χ4v) is 8.34. The van der Waals surface area contributed by atoms with E-state index in [2.05, 4.69) is 21.9 Å². The van der Waals surface area contributed by atoms with Gasteiger partial charge in [-0.2, -0.15) is 0 Å². The molecule has 0 aromatic heterocycles. The van der Waals surface area contributed by atoms with E-state index in [9.17, 15) is 18.0 Å². The van der Waals surface area contributed by atoms with Crippen LogP contribution in [0.5, 0.6) is 0 Å². The van der Waals surface area contributed by atoms with E-state index in [-0.39, 0.29) is 35.1 Å². The molecule has 0 aliphatic heterocycles. The summed E-state index contributed by atoms with van der Waals surface area (Å²) in [6.45, 7) is 3.03. The molecule has 4 rings (SSSR count). The number of carbonyl (C=O) groups is 2. The normalized spacial score (nSPS) is 30.5. The van der Waals surface area contributed by atoms with Crippen molar-refractivity contribution in [2.75, 3.05) is 6.54 Å². The first kappa shape index (κ1) is 26.9. The maximum Gasteiger partial charge on any atom is 0.225 e. The number of rotatable bonds is 10. The third-order valence-electron chi connectivity index (χ3n) is 8.82. The van der Waals surface area contributed by atoms with Crippen LogP contribution in [0.15, 0.2) is 0 Å². The molecular formula is C27H47N3O4S. The van der Waals surface area contributed by atoms with E-state index < -0.39 is 10.0 Å². The van der Waals surface area contributed by atoms with Gasteiger partial charge in [0.15, 0.2) is 0 Å². The van der Waals surface area contributed by atoms with Crippen molar-refractivity contribution in [3.63, 3.8) is 0 Å². The zero-order chi connectivity index (χ0) is 24.8. The molecule has 4 aliphatic rings. The highest BCUT2D eigenvalue weighted by atomic mass is 32.2. The van der Waals surface area contributed by atoms with Gasteiger partial charge in [-0.05, 0) is 89.4 Å². The van der Waals surface area contributed by atoms with Crippen molar-refractivity contribution in [1.82, 2.24) is 14.9 Å². The number of hydrogen-bond acceptors (Lipinski definition) is 4. The molecule has 0 spiro atoms. The molecular weight excluding hydrogens is 462 g/mol. The number of sulfonamides is 1. The van der Waals surface area contributed by atoms with Crippen molar-refractivity contribution < 1.29 is 18.0 Å². The maximum absolute atomic E-state index is 13.3. The molecule has 4 aliphatic carbocycles. The average molecular weight is 510 g/mol. The third-order valence-corrected chi connectivity index (χ3v) is 10.8. The lowest BCUT2D eigenvalue weighted by molar-refractivity contribution is -0.139. The second kappa shape index (κ2) is 12.4. The maximum atomic E-state index is 13.3. The van der Waals surface area contributed by atoms with Gasteiger partial charge < -0.3 is 10.2 Å². The first-order valence-corrected chi connectivity index (χ1v) is 16.0. The van der Waals surface area contributed by atoms with E-state index >= 15 is 0 Å². The fourth-order valence-electron chi connectivity index (χ4n) is 6.55. The molecule has 35 heavy (non-hydrogen) atoms.